The third-order valence-electron chi connectivity index (χ3n) is 6.32. The van der Waals surface area contributed by atoms with Crippen molar-refractivity contribution >= 4 is 17.8 Å². The summed E-state index contributed by atoms with van der Waals surface area (Å²) in [6.45, 7) is 8.89. The molecule has 0 spiro atoms. The van der Waals surface area contributed by atoms with E-state index in [0.717, 1.165) is 71.0 Å². The number of carbonyl (C=O) groups is 2. The molecule has 174 valence electrons. The molecule has 2 amide bonds. The molecule has 2 fully saturated rings. The molecule has 0 unspecified atom stereocenters. The molecule has 2 N–H and O–H groups in total. The van der Waals surface area contributed by atoms with E-state index in [2.05, 4.69) is 39.5 Å². The number of hydrogen-bond donors (Lipinski definition) is 2. The van der Waals surface area contributed by atoms with Crippen molar-refractivity contribution in [1.82, 2.24) is 25.3 Å². The normalized spacial score (nSPS) is 19.1. The number of aliphatic imine (C=N–C) groups is 1. The van der Waals surface area contributed by atoms with E-state index in [1.165, 1.54) is 11.1 Å². The van der Waals surface area contributed by atoms with Gasteiger partial charge in [-0.2, -0.15) is 0 Å². The largest absolute Gasteiger partial charge is 0.357 e. The first-order valence-electron chi connectivity index (χ1n) is 12.0. The summed E-state index contributed by atoms with van der Waals surface area (Å²) in [6, 6.07) is 8.70. The summed E-state index contributed by atoms with van der Waals surface area (Å²) in [6.07, 6.45) is 3.53. The summed E-state index contributed by atoms with van der Waals surface area (Å²) in [5.74, 6) is 1.27. The second-order valence-electron chi connectivity index (χ2n) is 8.96. The molecule has 1 saturated heterocycles. The summed E-state index contributed by atoms with van der Waals surface area (Å²) < 4.78 is 0. The molecule has 1 aliphatic carbocycles. The highest BCUT2D eigenvalue weighted by Crippen LogP contribution is 2.23. The van der Waals surface area contributed by atoms with Gasteiger partial charge in [0.05, 0.1) is 6.54 Å². The van der Waals surface area contributed by atoms with Gasteiger partial charge in [0.15, 0.2) is 5.96 Å². The molecule has 0 radical (unpaired) electrons. The Hall–Kier alpha value is -2.61. The van der Waals surface area contributed by atoms with E-state index in [-0.39, 0.29) is 11.8 Å². The van der Waals surface area contributed by atoms with Gasteiger partial charge in [0.1, 0.15) is 0 Å². The number of hydrogen-bond acceptors (Lipinski definition) is 4. The van der Waals surface area contributed by atoms with E-state index in [9.17, 15) is 9.59 Å². The van der Waals surface area contributed by atoms with Crippen LogP contribution in [-0.4, -0.2) is 84.3 Å². The van der Waals surface area contributed by atoms with Crippen LogP contribution in [0.5, 0.6) is 0 Å². The topological polar surface area (TPSA) is 80.3 Å². The summed E-state index contributed by atoms with van der Waals surface area (Å²) in [5.41, 5.74) is 2.52. The van der Waals surface area contributed by atoms with Crippen LogP contribution in [-0.2, 0) is 22.7 Å². The van der Waals surface area contributed by atoms with Gasteiger partial charge in [-0.05, 0) is 37.3 Å². The number of guanidine groups is 1. The third-order valence-corrected chi connectivity index (χ3v) is 6.32. The molecule has 8 nitrogen and oxygen atoms in total. The maximum Gasteiger partial charge on any atom is 0.234 e. The first kappa shape index (κ1) is 22.6. The van der Waals surface area contributed by atoms with E-state index in [1.807, 2.05) is 17.0 Å². The second-order valence-corrected chi connectivity index (χ2v) is 8.96. The van der Waals surface area contributed by atoms with Crippen LogP contribution in [0.25, 0.3) is 0 Å². The molecule has 8 heteroatoms. The zero-order valence-corrected chi connectivity index (χ0v) is 19.2. The van der Waals surface area contributed by atoms with Crippen molar-refractivity contribution < 1.29 is 9.59 Å². The number of amides is 2. The molecule has 3 aliphatic rings. The molecule has 32 heavy (non-hydrogen) atoms. The smallest absolute Gasteiger partial charge is 0.234 e. The zero-order chi connectivity index (χ0) is 22.3. The lowest BCUT2D eigenvalue weighted by Gasteiger charge is -2.36. The Morgan fingerprint density at radius 2 is 1.72 bits per heavy atom. The molecule has 4 rings (SSSR count). The summed E-state index contributed by atoms with van der Waals surface area (Å²) in [7, 11) is 0. The van der Waals surface area contributed by atoms with Crippen LogP contribution in [0.15, 0.2) is 29.3 Å². The first-order valence-corrected chi connectivity index (χ1v) is 12.0. The average Bonchev–Trinajstić information content (AvgIpc) is 3.49. The molecular formula is C24H36N6O2. The lowest BCUT2D eigenvalue weighted by Crippen LogP contribution is -2.54. The SMILES string of the molecule is CCNC(=NCCCC(=O)N1Cc2ccccc2C1)N1CCN(CC(=O)NC2CC2)CC1. The van der Waals surface area contributed by atoms with Gasteiger partial charge >= 0.3 is 0 Å². The van der Waals surface area contributed by atoms with E-state index >= 15 is 0 Å². The van der Waals surface area contributed by atoms with Gasteiger partial charge in [-0.25, -0.2) is 0 Å². The number of nitrogens with zero attached hydrogens (tertiary/aromatic N) is 4. The monoisotopic (exact) mass is 440 g/mol. The summed E-state index contributed by atoms with van der Waals surface area (Å²) in [4.78, 5) is 35.8. The lowest BCUT2D eigenvalue weighted by molar-refractivity contribution is -0.131. The van der Waals surface area contributed by atoms with Gasteiger partial charge in [-0.15, -0.1) is 0 Å². The average molecular weight is 441 g/mol. The predicted octanol–water partition coefficient (Wildman–Crippen LogP) is 1.17. The minimum Gasteiger partial charge on any atom is -0.357 e. The third kappa shape index (κ3) is 6.22. The number of benzene rings is 1. The second kappa shape index (κ2) is 10.8. The van der Waals surface area contributed by atoms with Gasteiger partial charge in [0, 0.05) is 64.8 Å². The molecule has 0 bridgehead atoms. The Labute approximate surface area is 191 Å². The molecule has 2 aliphatic heterocycles. The minimum atomic E-state index is 0.146. The van der Waals surface area contributed by atoms with E-state index < -0.39 is 0 Å². The highest BCUT2D eigenvalue weighted by Gasteiger charge is 2.26. The van der Waals surface area contributed by atoms with E-state index in [0.29, 0.717) is 25.6 Å². The Morgan fingerprint density at radius 3 is 2.34 bits per heavy atom. The molecule has 0 atom stereocenters. The number of nitrogens with one attached hydrogen (secondary N) is 2. The van der Waals surface area contributed by atoms with Crippen LogP contribution < -0.4 is 10.6 Å². The highest BCUT2D eigenvalue weighted by atomic mass is 16.2. The van der Waals surface area contributed by atoms with Crippen LogP contribution in [0.1, 0.15) is 43.7 Å². The van der Waals surface area contributed by atoms with Crippen molar-refractivity contribution in [3.63, 3.8) is 0 Å². The Bertz CT molecular complexity index is 805. The number of carbonyl (C=O) groups excluding carboxylic acids is 2. The van der Waals surface area contributed by atoms with Gasteiger partial charge in [0.25, 0.3) is 0 Å². The predicted molar refractivity (Wildman–Crippen MR) is 125 cm³/mol. The molecule has 1 aromatic carbocycles. The van der Waals surface area contributed by atoms with Crippen molar-refractivity contribution in [2.45, 2.75) is 51.7 Å². The first-order chi connectivity index (χ1) is 15.6. The Balaban J connectivity index is 1.18. The maximum absolute atomic E-state index is 12.6. The van der Waals surface area contributed by atoms with Crippen LogP contribution in [0.3, 0.4) is 0 Å². The van der Waals surface area contributed by atoms with Crippen molar-refractivity contribution in [3.05, 3.63) is 35.4 Å². The van der Waals surface area contributed by atoms with Gasteiger partial charge in [-0.1, -0.05) is 24.3 Å². The Morgan fingerprint density at radius 1 is 1.03 bits per heavy atom. The van der Waals surface area contributed by atoms with Gasteiger partial charge in [-0.3, -0.25) is 19.5 Å². The Kier molecular flexibility index (Phi) is 7.63. The van der Waals surface area contributed by atoms with Gasteiger partial charge in [0.2, 0.25) is 11.8 Å². The molecular weight excluding hydrogens is 404 g/mol. The van der Waals surface area contributed by atoms with Crippen LogP contribution >= 0.6 is 0 Å². The molecule has 1 aromatic rings. The number of rotatable bonds is 8. The summed E-state index contributed by atoms with van der Waals surface area (Å²) >= 11 is 0. The van der Waals surface area contributed by atoms with Crippen LogP contribution in [0.2, 0.25) is 0 Å². The molecule has 1 saturated carbocycles. The fraction of sp³-hybridized carbons (Fsp3) is 0.625. The van der Waals surface area contributed by atoms with Crippen molar-refractivity contribution in [3.8, 4) is 0 Å². The van der Waals surface area contributed by atoms with Crippen molar-refractivity contribution in [1.29, 1.82) is 0 Å². The standard InChI is InChI=1S/C24H36N6O2/c1-2-25-24(29-14-12-28(13-15-29)18-22(31)27-21-9-10-21)26-11-5-8-23(32)30-16-19-6-3-4-7-20(19)17-30/h3-4,6-7,21H,2,5,8-18H2,1H3,(H,25,26)(H,27,31). The summed E-state index contributed by atoms with van der Waals surface area (Å²) in [5, 5.41) is 6.44. The quantitative estimate of drug-likeness (QED) is 0.360. The zero-order valence-electron chi connectivity index (χ0n) is 19.2. The van der Waals surface area contributed by atoms with Crippen LogP contribution in [0, 0.1) is 0 Å². The maximum atomic E-state index is 12.6. The van der Waals surface area contributed by atoms with E-state index in [4.69, 9.17) is 4.99 Å². The van der Waals surface area contributed by atoms with Crippen molar-refractivity contribution in [2.75, 3.05) is 45.8 Å². The fourth-order valence-electron chi connectivity index (χ4n) is 4.33. The van der Waals surface area contributed by atoms with E-state index in [1.54, 1.807) is 0 Å². The highest BCUT2D eigenvalue weighted by molar-refractivity contribution is 5.81. The molecule has 2 heterocycles. The van der Waals surface area contributed by atoms with Crippen LogP contribution in [0.4, 0.5) is 0 Å². The number of fused-ring (bicyclic) bond motifs is 1. The fourth-order valence-corrected chi connectivity index (χ4v) is 4.33. The van der Waals surface area contributed by atoms with Crippen molar-refractivity contribution in [2.24, 2.45) is 4.99 Å². The lowest BCUT2D eigenvalue weighted by atomic mass is 10.1. The molecule has 0 aromatic heterocycles. The van der Waals surface area contributed by atoms with Gasteiger partial charge < -0.3 is 20.4 Å². The minimum absolute atomic E-state index is 0.146. The number of piperazine rings is 1.